The van der Waals surface area contributed by atoms with E-state index >= 15 is 0 Å². The average Bonchev–Trinajstić information content (AvgIpc) is 3.53. The summed E-state index contributed by atoms with van der Waals surface area (Å²) < 4.78 is 37.8. The number of nitro groups is 1. The third-order valence-electron chi connectivity index (χ3n) is 6.14. The lowest BCUT2D eigenvalue weighted by molar-refractivity contribution is -0.384. The van der Waals surface area contributed by atoms with Gasteiger partial charge in [0.05, 0.1) is 35.7 Å². The van der Waals surface area contributed by atoms with Gasteiger partial charge in [-0.25, -0.2) is 8.42 Å². The summed E-state index contributed by atoms with van der Waals surface area (Å²) in [7, 11) is -2.08. The molecule has 2 atom stereocenters. The molecular weight excluding hydrogens is 542 g/mol. The summed E-state index contributed by atoms with van der Waals surface area (Å²) in [5.41, 5.74) is 2.33. The van der Waals surface area contributed by atoms with E-state index in [1.807, 2.05) is 29.2 Å². The number of furan rings is 1. The fourth-order valence-corrected chi connectivity index (χ4v) is 5.36. The molecule has 13 heteroatoms. The molecule has 1 saturated heterocycles. The molecule has 200 valence electrons. The van der Waals surface area contributed by atoms with Crippen molar-refractivity contribution in [3.05, 3.63) is 101 Å². The van der Waals surface area contributed by atoms with Crippen molar-refractivity contribution in [3.8, 4) is 17.1 Å². The molecule has 0 unspecified atom stereocenters. The van der Waals surface area contributed by atoms with Gasteiger partial charge in [0.15, 0.2) is 5.11 Å². The van der Waals surface area contributed by atoms with E-state index in [-0.39, 0.29) is 17.4 Å². The van der Waals surface area contributed by atoms with Crippen molar-refractivity contribution in [1.82, 2.24) is 10.3 Å². The van der Waals surface area contributed by atoms with Gasteiger partial charge in [-0.2, -0.15) is 0 Å². The summed E-state index contributed by atoms with van der Waals surface area (Å²) in [5, 5.41) is 14.8. The van der Waals surface area contributed by atoms with Crippen LogP contribution < -0.4 is 19.7 Å². The van der Waals surface area contributed by atoms with E-state index in [9.17, 15) is 18.5 Å². The Kier molecular flexibility index (Phi) is 6.93. The third kappa shape index (κ3) is 5.40. The summed E-state index contributed by atoms with van der Waals surface area (Å²) in [6.45, 7) is 0. The van der Waals surface area contributed by atoms with Crippen LogP contribution in [0.3, 0.4) is 0 Å². The highest BCUT2D eigenvalue weighted by molar-refractivity contribution is 7.92. The Balaban J connectivity index is 1.57. The van der Waals surface area contributed by atoms with Gasteiger partial charge < -0.3 is 19.4 Å². The van der Waals surface area contributed by atoms with Crippen molar-refractivity contribution in [2.75, 3.05) is 23.0 Å². The van der Waals surface area contributed by atoms with Crippen molar-refractivity contribution >= 4 is 44.4 Å². The summed E-state index contributed by atoms with van der Waals surface area (Å²) in [5.74, 6) is 1.41. The normalized spacial score (nSPS) is 17.1. The van der Waals surface area contributed by atoms with Gasteiger partial charge in [-0.3, -0.25) is 19.8 Å². The van der Waals surface area contributed by atoms with Gasteiger partial charge in [-0.15, -0.1) is 0 Å². The first kappa shape index (κ1) is 26.1. The van der Waals surface area contributed by atoms with Crippen LogP contribution in [0.1, 0.15) is 23.5 Å². The number of rotatable bonds is 8. The highest BCUT2D eigenvalue weighted by atomic mass is 32.2. The fourth-order valence-electron chi connectivity index (χ4n) is 4.45. The fraction of sp³-hybridized carbons (Fsp3) is 0.154. The zero-order chi connectivity index (χ0) is 27.7. The number of hydrogen-bond donors (Lipinski definition) is 2. The van der Waals surface area contributed by atoms with E-state index in [1.54, 1.807) is 42.6 Å². The van der Waals surface area contributed by atoms with Gasteiger partial charge in [0, 0.05) is 35.6 Å². The Bertz CT molecular complexity index is 1640. The van der Waals surface area contributed by atoms with Crippen LogP contribution in [-0.2, 0) is 10.0 Å². The van der Waals surface area contributed by atoms with Crippen LogP contribution in [-0.4, -0.2) is 36.8 Å². The number of methoxy groups -OCH3 is 1. The number of nitro benzene ring substituents is 1. The van der Waals surface area contributed by atoms with Crippen molar-refractivity contribution < 1.29 is 22.5 Å². The Hall–Kier alpha value is -4.49. The molecule has 2 aromatic carbocycles. The van der Waals surface area contributed by atoms with Crippen LogP contribution in [0.5, 0.6) is 5.75 Å². The number of aromatic nitrogens is 1. The molecule has 0 spiro atoms. The second-order valence-corrected chi connectivity index (χ2v) is 10.9. The monoisotopic (exact) mass is 565 g/mol. The molecular formula is C26H23N5O6S2. The highest BCUT2D eigenvalue weighted by Gasteiger charge is 2.43. The van der Waals surface area contributed by atoms with Gasteiger partial charge in [0.25, 0.3) is 5.69 Å². The lowest BCUT2D eigenvalue weighted by Gasteiger charge is -2.26. The molecule has 0 saturated carbocycles. The summed E-state index contributed by atoms with van der Waals surface area (Å²) in [6.07, 6.45) is 2.76. The number of nitrogens with one attached hydrogen (secondary N) is 2. The zero-order valence-electron chi connectivity index (χ0n) is 20.8. The van der Waals surface area contributed by atoms with E-state index in [2.05, 4.69) is 15.0 Å². The van der Waals surface area contributed by atoms with Crippen molar-refractivity contribution in [2.24, 2.45) is 0 Å². The molecule has 0 amide bonds. The zero-order valence-corrected chi connectivity index (χ0v) is 22.4. The maximum Gasteiger partial charge on any atom is 0.269 e. The summed E-state index contributed by atoms with van der Waals surface area (Å²) in [6, 6.07) is 19.5. The molecule has 2 aromatic heterocycles. The number of pyridine rings is 1. The number of benzene rings is 2. The minimum Gasteiger partial charge on any atom is -0.494 e. The van der Waals surface area contributed by atoms with E-state index < -0.39 is 21.0 Å². The minimum absolute atomic E-state index is 0.0139. The number of hydrogen-bond acceptors (Lipinski definition) is 8. The number of anilines is 2. The Morgan fingerprint density at radius 3 is 2.54 bits per heavy atom. The van der Waals surface area contributed by atoms with Gasteiger partial charge in [0.1, 0.15) is 23.3 Å². The standard InChI is InChI=1S/C26H23N5O6S2/c1-36-23-15-18(10-11-19(23)29-39(2,34)35)30-25(24(28-26(30)38)20-5-3-4-14-27-20)22-13-12-21(37-22)16-6-8-17(9-7-16)31(32)33/h3-15,24-25,29H,1-2H3,(H,28,38)/t24-,25-/m1/s1. The first-order valence-electron chi connectivity index (χ1n) is 11.7. The van der Waals surface area contributed by atoms with Gasteiger partial charge in [-0.1, -0.05) is 6.07 Å². The number of thiocarbonyl (C=S) groups is 1. The molecule has 39 heavy (non-hydrogen) atoms. The van der Waals surface area contributed by atoms with Crippen LogP contribution in [0.2, 0.25) is 0 Å². The van der Waals surface area contributed by atoms with Gasteiger partial charge in [-0.05, 0) is 60.7 Å². The van der Waals surface area contributed by atoms with E-state index in [1.165, 1.54) is 19.2 Å². The van der Waals surface area contributed by atoms with E-state index in [4.69, 9.17) is 21.4 Å². The Morgan fingerprint density at radius 2 is 1.90 bits per heavy atom. The third-order valence-corrected chi connectivity index (χ3v) is 7.04. The minimum atomic E-state index is -3.52. The molecule has 5 rings (SSSR count). The molecule has 1 aliphatic heterocycles. The highest BCUT2D eigenvalue weighted by Crippen LogP contribution is 2.44. The number of non-ortho nitro benzene ring substituents is 1. The summed E-state index contributed by atoms with van der Waals surface area (Å²) >= 11 is 5.74. The SMILES string of the molecule is COc1cc(N2C(=S)N[C@H](c3ccccn3)[C@H]2c2ccc(-c3ccc([N+](=O)[O-])cc3)o2)ccc1NS(C)(=O)=O. The average molecular weight is 566 g/mol. The van der Waals surface area contributed by atoms with Crippen LogP contribution in [0.4, 0.5) is 17.1 Å². The van der Waals surface area contributed by atoms with Gasteiger partial charge in [0.2, 0.25) is 10.0 Å². The lowest BCUT2D eigenvalue weighted by atomic mass is 10.0. The molecule has 2 N–H and O–H groups in total. The summed E-state index contributed by atoms with van der Waals surface area (Å²) in [4.78, 5) is 17.0. The van der Waals surface area contributed by atoms with E-state index in [0.717, 1.165) is 11.9 Å². The van der Waals surface area contributed by atoms with Crippen molar-refractivity contribution in [2.45, 2.75) is 12.1 Å². The molecule has 1 aliphatic rings. The first-order chi connectivity index (χ1) is 18.6. The molecule has 0 bridgehead atoms. The second-order valence-electron chi connectivity index (χ2n) is 8.76. The largest absolute Gasteiger partial charge is 0.494 e. The number of sulfonamides is 1. The second kappa shape index (κ2) is 10.3. The van der Waals surface area contributed by atoms with Crippen molar-refractivity contribution in [1.29, 1.82) is 0 Å². The predicted molar refractivity (Wildman–Crippen MR) is 150 cm³/mol. The number of nitrogens with zero attached hydrogens (tertiary/aromatic N) is 3. The maximum atomic E-state index is 11.8. The molecule has 1 fully saturated rings. The van der Waals surface area contributed by atoms with Crippen LogP contribution >= 0.6 is 12.2 Å². The molecule has 3 heterocycles. The molecule has 0 aliphatic carbocycles. The quantitative estimate of drug-likeness (QED) is 0.174. The molecule has 4 aromatic rings. The molecule has 0 radical (unpaired) electrons. The Labute approximate surface area is 229 Å². The lowest BCUT2D eigenvalue weighted by Crippen LogP contribution is -2.29. The number of ether oxygens (including phenoxy) is 1. The first-order valence-corrected chi connectivity index (χ1v) is 14.0. The maximum absolute atomic E-state index is 11.8. The van der Waals surface area contributed by atoms with Crippen LogP contribution in [0.25, 0.3) is 11.3 Å². The van der Waals surface area contributed by atoms with Crippen LogP contribution in [0, 0.1) is 10.1 Å². The van der Waals surface area contributed by atoms with Crippen molar-refractivity contribution in [3.63, 3.8) is 0 Å². The van der Waals surface area contributed by atoms with Crippen LogP contribution in [0.15, 0.2) is 83.4 Å². The smallest absolute Gasteiger partial charge is 0.269 e. The molecule has 11 nitrogen and oxygen atoms in total. The Morgan fingerprint density at radius 1 is 1.13 bits per heavy atom. The predicted octanol–water partition coefficient (Wildman–Crippen LogP) is 4.81. The topological polar surface area (TPSA) is 140 Å². The van der Waals surface area contributed by atoms with E-state index in [0.29, 0.717) is 33.6 Å². The van der Waals surface area contributed by atoms with Gasteiger partial charge >= 0.3 is 0 Å².